The third kappa shape index (κ3) is 1.86. The van der Waals surface area contributed by atoms with Gasteiger partial charge in [-0.3, -0.25) is 0 Å². The van der Waals surface area contributed by atoms with Crippen molar-refractivity contribution in [1.29, 1.82) is 0 Å². The lowest BCUT2D eigenvalue weighted by atomic mass is 10.1. The van der Waals surface area contributed by atoms with Gasteiger partial charge in [0.15, 0.2) is 0 Å². The molecule has 1 aromatic heterocycles. The summed E-state index contributed by atoms with van der Waals surface area (Å²) in [5.41, 5.74) is 2.19. The first-order valence-electron chi connectivity index (χ1n) is 5.69. The first-order chi connectivity index (χ1) is 8.84. The van der Waals surface area contributed by atoms with Gasteiger partial charge in [-0.05, 0) is 12.1 Å². The van der Waals surface area contributed by atoms with Gasteiger partial charge in [0.25, 0.3) is 0 Å². The van der Waals surface area contributed by atoms with Gasteiger partial charge in [-0.2, -0.15) is 4.74 Å². The molecule has 0 aliphatic heterocycles. The molecule has 0 bridgehead atoms. The summed E-state index contributed by atoms with van der Waals surface area (Å²) in [6.45, 7) is 0. The van der Waals surface area contributed by atoms with E-state index >= 15 is 0 Å². The molecule has 0 fully saturated rings. The van der Waals surface area contributed by atoms with Gasteiger partial charge in [-0.25, -0.2) is 4.79 Å². The molecule has 0 amide bonds. The monoisotopic (exact) mass is 237 g/mol. The van der Waals surface area contributed by atoms with E-state index in [-0.39, 0.29) is 5.63 Å². The van der Waals surface area contributed by atoms with Crippen LogP contribution in [0.5, 0.6) is 0 Å². The molecule has 3 heteroatoms. The van der Waals surface area contributed by atoms with Crippen molar-refractivity contribution in [3.05, 3.63) is 77.2 Å². The van der Waals surface area contributed by atoms with Crippen LogP contribution in [0.4, 0.5) is 0 Å². The van der Waals surface area contributed by atoms with E-state index in [4.69, 9.17) is 4.52 Å². The van der Waals surface area contributed by atoms with Crippen LogP contribution in [-0.2, 0) is 0 Å². The van der Waals surface area contributed by atoms with Crippen LogP contribution in [-0.4, -0.2) is 4.74 Å². The lowest BCUT2D eigenvalue weighted by Gasteiger charge is -2.05. The lowest BCUT2D eigenvalue weighted by molar-refractivity contribution is 0.326. The van der Waals surface area contributed by atoms with E-state index in [1.165, 1.54) is 6.07 Å². The standard InChI is InChI=1S/C15H11NO2/c17-15-11-14(12-7-3-1-4-8-12)16(18-15)13-9-5-2-6-10-13/h1-11H. The van der Waals surface area contributed by atoms with Gasteiger partial charge in [0, 0.05) is 5.56 Å². The Balaban J connectivity index is 2.21. The van der Waals surface area contributed by atoms with Crippen molar-refractivity contribution in [1.82, 2.24) is 4.74 Å². The zero-order chi connectivity index (χ0) is 12.4. The molecule has 0 radical (unpaired) electrons. The number of hydrogen-bond donors (Lipinski definition) is 0. The summed E-state index contributed by atoms with van der Waals surface area (Å²) in [5.74, 6) is 0. The van der Waals surface area contributed by atoms with Crippen LogP contribution in [0.25, 0.3) is 16.9 Å². The highest BCUT2D eigenvalue weighted by molar-refractivity contribution is 5.61. The minimum Gasteiger partial charge on any atom is -0.331 e. The molecule has 88 valence electrons. The van der Waals surface area contributed by atoms with Crippen LogP contribution in [0.15, 0.2) is 76.0 Å². The van der Waals surface area contributed by atoms with E-state index in [9.17, 15) is 4.79 Å². The van der Waals surface area contributed by atoms with Crippen molar-refractivity contribution in [2.45, 2.75) is 0 Å². The zero-order valence-electron chi connectivity index (χ0n) is 9.61. The first-order valence-corrected chi connectivity index (χ1v) is 5.69. The number of hydrogen-bond acceptors (Lipinski definition) is 2. The fourth-order valence-electron chi connectivity index (χ4n) is 1.90. The van der Waals surface area contributed by atoms with Gasteiger partial charge in [0.05, 0.1) is 17.4 Å². The highest BCUT2D eigenvalue weighted by Gasteiger charge is 2.10. The fraction of sp³-hybridized carbons (Fsp3) is 0. The third-order valence-electron chi connectivity index (χ3n) is 2.71. The molecule has 18 heavy (non-hydrogen) atoms. The van der Waals surface area contributed by atoms with E-state index in [0.717, 1.165) is 16.9 Å². The molecule has 0 saturated carbocycles. The quantitative estimate of drug-likeness (QED) is 0.686. The SMILES string of the molecule is O=c1cc(-c2ccccc2)n(-c2ccccc2)o1. The molecule has 0 aliphatic carbocycles. The second kappa shape index (κ2) is 4.37. The van der Waals surface area contributed by atoms with Crippen LogP contribution in [0, 0.1) is 0 Å². The van der Waals surface area contributed by atoms with Crippen molar-refractivity contribution in [3.8, 4) is 16.9 Å². The summed E-state index contributed by atoms with van der Waals surface area (Å²) in [5, 5.41) is 0. The molecule has 0 atom stereocenters. The average molecular weight is 237 g/mol. The van der Waals surface area contributed by atoms with Crippen molar-refractivity contribution in [2.24, 2.45) is 0 Å². The van der Waals surface area contributed by atoms with E-state index in [1.807, 2.05) is 60.7 Å². The average Bonchev–Trinajstić information content (AvgIpc) is 2.83. The molecular formula is C15H11NO2. The number of nitrogens with zero attached hydrogens (tertiary/aromatic N) is 1. The predicted octanol–water partition coefficient (Wildman–Crippen LogP) is 3.10. The summed E-state index contributed by atoms with van der Waals surface area (Å²) in [7, 11) is 0. The Morgan fingerprint density at radius 2 is 1.44 bits per heavy atom. The first kappa shape index (κ1) is 10.6. The minimum atomic E-state index is -0.349. The third-order valence-corrected chi connectivity index (χ3v) is 2.71. The second-order valence-electron chi connectivity index (χ2n) is 3.94. The number of para-hydroxylation sites is 1. The Morgan fingerprint density at radius 3 is 2.11 bits per heavy atom. The largest absolute Gasteiger partial charge is 0.358 e. The zero-order valence-corrected chi connectivity index (χ0v) is 9.61. The lowest BCUT2D eigenvalue weighted by Crippen LogP contribution is -1.95. The molecule has 0 spiro atoms. The van der Waals surface area contributed by atoms with E-state index in [0.29, 0.717) is 0 Å². The Kier molecular flexibility index (Phi) is 2.57. The Morgan fingerprint density at radius 1 is 0.833 bits per heavy atom. The maximum Gasteiger partial charge on any atom is 0.358 e. The minimum absolute atomic E-state index is 0.349. The molecule has 3 rings (SSSR count). The van der Waals surface area contributed by atoms with Crippen molar-refractivity contribution in [3.63, 3.8) is 0 Å². The van der Waals surface area contributed by atoms with Crippen LogP contribution in [0.1, 0.15) is 0 Å². The molecule has 3 nitrogen and oxygen atoms in total. The predicted molar refractivity (Wildman–Crippen MR) is 69.7 cm³/mol. The highest BCUT2D eigenvalue weighted by Crippen LogP contribution is 2.21. The van der Waals surface area contributed by atoms with Gasteiger partial charge in [0.2, 0.25) is 0 Å². The molecular weight excluding hydrogens is 226 g/mol. The molecule has 3 aromatic rings. The van der Waals surface area contributed by atoms with Gasteiger partial charge in [-0.15, -0.1) is 0 Å². The van der Waals surface area contributed by atoms with E-state index in [2.05, 4.69) is 0 Å². The molecule has 1 heterocycles. The molecule has 0 aliphatic rings. The van der Waals surface area contributed by atoms with Crippen LogP contribution >= 0.6 is 0 Å². The van der Waals surface area contributed by atoms with E-state index < -0.39 is 0 Å². The Bertz CT molecular complexity index is 636. The summed E-state index contributed by atoms with van der Waals surface area (Å²) >= 11 is 0. The summed E-state index contributed by atoms with van der Waals surface area (Å²) < 4.78 is 6.77. The van der Waals surface area contributed by atoms with Gasteiger partial charge in [-0.1, -0.05) is 48.5 Å². The molecule has 2 aromatic carbocycles. The van der Waals surface area contributed by atoms with Crippen molar-refractivity contribution in [2.75, 3.05) is 0 Å². The summed E-state index contributed by atoms with van der Waals surface area (Å²) in [6.07, 6.45) is 0. The van der Waals surface area contributed by atoms with E-state index in [1.54, 1.807) is 4.74 Å². The van der Waals surface area contributed by atoms with Crippen LogP contribution < -0.4 is 5.63 Å². The van der Waals surface area contributed by atoms with Gasteiger partial charge < -0.3 is 4.52 Å². The topological polar surface area (TPSA) is 35.1 Å². The van der Waals surface area contributed by atoms with Crippen molar-refractivity contribution < 1.29 is 4.52 Å². The number of aromatic nitrogens is 1. The van der Waals surface area contributed by atoms with Crippen LogP contribution in [0.3, 0.4) is 0 Å². The molecule has 0 N–H and O–H groups in total. The Hall–Kier alpha value is -2.55. The molecule has 0 saturated heterocycles. The number of benzene rings is 2. The van der Waals surface area contributed by atoms with Gasteiger partial charge >= 0.3 is 5.63 Å². The maximum atomic E-state index is 11.5. The Labute approximate surface area is 104 Å². The van der Waals surface area contributed by atoms with Gasteiger partial charge in [0.1, 0.15) is 0 Å². The second-order valence-corrected chi connectivity index (χ2v) is 3.94. The fourth-order valence-corrected chi connectivity index (χ4v) is 1.90. The summed E-state index contributed by atoms with van der Waals surface area (Å²) in [4.78, 5) is 11.5. The smallest absolute Gasteiger partial charge is 0.331 e. The maximum absolute atomic E-state index is 11.5. The van der Waals surface area contributed by atoms with Crippen LogP contribution in [0.2, 0.25) is 0 Å². The normalized spacial score (nSPS) is 10.4. The molecule has 0 unspecified atom stereocenters. The summed E-state index contributed by atoms with van der Waals surface area (Å²) in [6, 6.07) is 20.7. The van der Waals surface area contributed by atoms with Crippen molar-refractivity contribution >= 4 is 0 Å². The highest BCUT2D eigenvalue weighted by atomic mass is 16.5. The number of rotatable bonds is 2.